The number of nitrogens with one attached hydrogen (secondary N) is 2. The molecule has 2 unspecified atom stereocenters. The van der Waals surface area contributed by atoms with Gasteiger partial charge in [-0.2, -0.15) is 11.8 Å². The summed E-state index contributed by atoms with van der Waals surface area (Å²) in [6, 6.07) is 6.36. The van der Waals surface area contributed by atoms with Gasteiger partial charge in [-0.1, -0.05) is 0 Å². The zero-order valence-electron chi connectivity index (χ0n) is 14.4. The number of rotatable bonds is 6. The lowest BCUT2D eigenvalue weighted by Gasteiger charge is -2.18. The highest BCUT2D eigenvalue weighted by Crippen LogP contribution is 2.28. The molecule has 1 aromatic rings. The van der Waals surface area contributed by atoms with E-state index in [1.54, 1.807) is 14.2 Å². The maximum absolute atomic E-state index is 5.43. The molecule has 2 N–H and O–H groups in total. The summed E-state index contributed by atoms with van der Waals surface area (Å²) in [7, 11) is 5.13. The molecule has 1 fully saturated rings. The third-order valence-electron chi connectivity index (χ3n) is 4.22. The quantitative estimate of drug-likeness (QED) is 0.617. The number of thioether (sulfide) groups is 1. The molecule has 2 rings (SSSR count). The van der Waals surface area contributed by atoms with Gasteiger partial charge in [0.1, 0.15) is 11.5 Å². The van der Waals surface area contributed by atoms with Crippen LogP contribution in [0.4, 0.5) is 0 Å². The van der Waals surface area contributed by atoms with Gasteiger partial charge in [0, 0.05) is 36.5 Å². The minimum atomic E-state index is 0.511. The molecule has 1 saturated carbocycles. The average molecular weight is 337 g/mol. The molecule has 0 bridgehead atoms. The van der Waals surface area contributed by atoms with Crippen LogP contribution in [0, 0.1) is 0 Å². The first-order chi connectivity index (χ1) is 11.2. The highest BCUT2D eigenvalue weighted by atomic mass is 32.2. The van der Waals surface area contributed by atoms with E-state index in [0.29, 0.717) is 12.6 Å². The second-order valence-corrected chi connectivity index (χ2v) is 6.75. The molecular formula is C17H27N3O2S. The van der Waals surface area contributed by atoms with E-state index in [1.165, 1.54) is 19.3 Å². The van der Waals surface area contributed by atoms with Gasteiger partial charge in [-0.15, -0.1) is 0 Å². The Balaban J connectivity index is 1.91. The molecule has 1 aliphatic carbocycles. The smallest absolute Gasteiger partial charge is 0.191 e. The average Bonchev–Trinajstić information content (AvgIpc) is 3.06. The molecule has 23 heavy (non-hydrogen) atoms. The minimum absolute atomic E-state index is 0.511. The van der Waals surface area contributed by atoms with Gasteiger partial charge in [0.05, 0.1) is 14.2 Å². The molecule has 128 valence electrons. The Morgan fingerprint density at radius 1 is 1.30 bits per heavy atom. The fourth-order valence-corrected chi connectivity index (χ4v) is 3.65. The van der Waals surface area contributed by atoms with Crippen LogP contribution >= 0.6 is 11.8 Å². The molecular weight excluding hydrogens is 310 g/mol. The largest absolute Gasteiger partial charge is 0.497 e. The molecule has 0 saturated heterocycles. The summed E-state index contributed by atoms with van der Waals surface area (Å²) in [5.74, 6) is 2.45. The number of ether oxygens (including phenoxy) is 2. The van der Waals surface area contributed by atoms with Gasteiger partial charge >= 0.3 is 0 Å². The second kappa shape index (κ2) is 8.91. The molecule has 0 heterocycles. The van der Waals surface area contributed by atoms with Crippen molar-refractivity contribution in [3.05, 3.63) is 23.8 Å². The Kier molecular flexibility index (Phi) is 6.89. The lowest BCUT2D eigenvalue weighted by atomic mass is 10.2. The van der Waals surface area contributed by atoms with Gasteiger partial charge in [-0.05, 0) is 37.7 Å². The second-order valence-electron chi connectivity index (χ2n) is 5.62. The first kappa shape index (κ1) is 17.8. The third-order valence-corrected chi connectivity index (χ3v) is 5.32. The van der Waals surface area contributed by atoms with Gasteiger partial charge in [0.2, 0.25) is 0 Å². The van der Waals surface area contributed by atoms with Crippen LogP contribution in [-0.2, 0) is 6.54 Å². The maximum Gasteiger partial charge on any atom is 0.191 e. The zero-order chi connectivity index (χ0) is 16.7. The number of hydrogen-bond acceptors (Lipinski definition) is 4. The summed E-state index contributed by atoms with van der Waals surface area (Å²) in [6.45, 7) is 0.658. The van der Waals surface area contributed by atoms with Crippen molar-refractivity contribution in [3.8, 4) is 11.5 Å². The van der Waals surface area contributed by atoms with Crippen LogP contribution in [0.15, 0.2) is 23.2 Å². The van der Waals surface area contributed by atoms with Crippen LogP contribution in [0.3, 0.4) is 0 Å². The van der Waals surface area contributed by atoms with Crippen LogP contribution < -0.4 is 20.1 Å². The van der Waals surface area contributed by atoms with Crippen molar-refractivity contribution >= 4 is 17.7 Å². The van der Waals surface area contributed by atoms with Crippen LogP contribution in [0.5, 0.6) is 11.5 Å². The number of aliphatic imine (C=N–C) groups is 1. The highest BCUT2D eigenvalue weighted by Gasteiger charge is 2.24. The Bertz CT molecular complexity index is 537. The monoisotopic (exact) mass is 337 g/mol. The highest BCUT2D eigenvalue weighted by molar-refractivity contribution is 7.99. The molecule has 1 aromatic carbocycles. The van der Waals surface area contributed by atoms with E-state index in [1.807, 2.05) is 37.0 Å². The number of guanidine groups is 1. The zero-order valence-corrected chi connectivity index (χ0v) is 15.2. The summed E-state index contributed by atoms with van der Waals surface area (Å²) in [5.41, 5.74) is 1.07. The predicted octanol–water partition coefficient (Wildman–Crippen LogP) is 2.65. The molecule has 0 amide bonds. The van der Waals surface area contributed by atoms with Gasteiger partial charge in [-0.3, -0.25) is 4.99 Å². The summed E-state index contributed by atoms with van der Waals surface area (Å²) in [6.07, 6.45) is 5.88. The van der Waals surface area contributed by atoms with E-state index < -0.39 is 0 Å². The predicted molar refractivity (Wildman–Crippen MR) is 97.8 cm³/mol. The first-order valence-electron chi connectivity index (χ1n) is 7.91. The van der Waals surface area contributed by atoms with Crippen LogP contribution in [-0.4, -0.2) is 44.8 Å². The first-order valence-corrected chi connectivity index (χ1v) is 9.19. The topological polar surface area (TPSA) is 54.9 Å². The molecule has 0 spiro atoms. The van der Waals surface area contributed by atoms with E-state index in [0.717, 1.165) is 28.3 Å². The molecule has 1 aliphatic rings. The van der Waals surface area contributed by atoms with Gasteiger partial charge in [0.15, 0.2) is 5.96 Å². The standard InChI is InChI=1S/C17H27N3O2S/c1-18-17(20-13-6-8-15(9-13)23-4)19-11-12-5-7-14(21-2)10-16(12)22-3/h5,7,10,13,15H,6,8-9,11H2,1-4H3,(H2,18,19,20). The Labute approximate surface area is 143 Å². The van der Waals surface area contributed by atoms with Crippen LogP contribution in [0.2, 0.25) is 0 Å². The molecule has 2 atom stereocenters. The third kappa shape index (κ3) is 4.96. The lowest BCUT2D eigenvalue weighted by molar-refractivity contribution is 0.390. The molecule has 5 nitrogen and oxygen atoms in total. The number of benzene rings is 1. The van der Waals surface area contributed by atoms with E-state index in [2.05, 4.69) is 21.9 Å². The number of hydrogen-bond donors (Lipinski definition) is 2. The van der Waals surface area contributed by atoms with E-state index in [9.17, 15) is 0 Å². The minimum Gasteiger partial charge on any atom is -0.497 e. The summed E-state index contributed by atoms with van der Waals surface area (Å²) in [5, 5.41) is 7.66. The summed E-state index contributed by atoms with van der Waals surface area (Å²) in [4.78, 5) is 4.33. The maximum atomic E-state index is 5.43. The van der Waals surface area contributed by atoms with Crippen molar-refractivity contribution < 1.29 is 9.47 Å². The fraction of sp³-hybridized carbons (Fsp3) is 0.588. The van der Waals surface area contributed by atoms with Crippen molar-refractivity contribution in [1.29, 1.82) is 0 Å². The number of nitrogens with zero attached hydrogens (tertiary/aromatic N) is 1. The SMILES string of the molecule is CN=C(NCc1ccc(OC)cc1OC)NC1CCC(SC)C1. The van der Waals surface area contributed by atoms with Crippen molar-refractivity contribution in [2.45, 2.75) is 37.1 Å². The van der Waals surface area contributed by atoms with Crippen LogP contribution in [0.25, 0.3) is 0 Å². The summed E-state index contributed by atoms with van der Waals surface area (Å²) < 4.78 is 10.7. The Morgan fingerprint density at radius 2 is 2.13 bits per heavy atom. The van der Waals surface area contributed by atoms with E-state index >= 15 is 0 Å². The Hall–Kier alpha value is -1.56. The van der Waals surface area contributed by atoms with Gasteiger partial charge in [-0.25, -0.2) is 0 Å². The van der Waals surface area contributed by atoms with Gasteiger partial charge in [0.25, 0.3) is 0 Å². The Morgan fingerprint density at radius 3 is 2.74 bits per heavy atom. The van der Waals surface area contributed by atoms with E-state index in [-0.39, 0.29) is 0 Å². The lowest BCUT2D eigenvalue weighted by Crippen LogP contribution is -2.42. The molecule has 0 aliphatic heterocycles. The molecule has 0 aromatic heterocycles. The van der Waals surface area contributed by atoms with Crippen molar-refractivity contribution in [3.63, 3.8) is 0 Å². The molecule has 0 radical (unpaired) electrons. The van der Waals surface area contributed by atoms with Crippen LogP contribution in [0.1, 0.15) is 24.8 Å². The summed E-state index contributed by atoms with van der Waals surface area (Å²) >= 11 is 1.96. The van der Waals surface area contributed by atoms with Crippen molar-refractivity contribution in [2.75, 3.05) is 27.5 Å². The molecule has 6 heteroatoms. The van der Waals surface area contributed by atoms with Gasteiger partial charge < -0.3 is 20.1 Å². The fourth-order valence-electron chi connectivity index (χ4n) is 2.85. The number of methoxy groups -OCH3 is 2. The van der Waals surface area contributed by atoms with Crippen molar-refractivity contribution in [2.24, 2.45) is 4.99 Å². The van der Waals surface area contributed by atoms with E-state index in [4.69, 9.17) is 9.47 Å². The van der Waals surface area contributed by atoms with Crippen molar-refractivity contribution in [1.82, 2.24) is 10.6 Å². The normalized spacial score (nSPS) is 21.1.